The van der Waals surface area contributed by atoms with Gasteiger partial charge in [0, 0.05) is 25.4 Å². The van der Waals surface area contributed by atoms with E-state index in [9.17, 15) is 14.7 Å². The Balaban J connectivity index is 0. The summed E-state index contributed by atoms with van der Waals surface area (Å²) in [6.45, 7) is 2.03. The summed E-state index contributed by atoms with van der Waals surface area (Å²) in [7, 11) is 0. The number of hydrogen-bond donors (Lipinski definition) is 2. The third-order valence-corrected chi connectivity index (χ3v) is 3.93. The van der Waals surface area contributed by atoms with E-state index in [4.69, 9.17) is 10.8 Å². The predicted octanol–water partition coefficient (Wildman–Crippen LogP) is -1.84. The Hall–Kier alpha value is -0.140. The van der Waals surface area contributed by atoms with Crippen LogP contribution >= 0.6 is 0 Å². The summed E-state index contributed by atoms with van der Waals surface area (Å²) < 4.78 is 0. The number of aliphatic hydroxyl groups is 1. The molecule has 0 spiro atoms. The van der Waals surface area contributed by atoms with E-state index in [0.29, 0.717) is 6.42 Å². The Kier molecular flexibility index (Phi) is 19.2. The van der Waals surface area contributed by atoms with Gasteiger partial charge in [0.25, 0.3) is 0 Å². The van der Waals surface area contributed by atoms with E-state index < -0.39 is 18.6 Å². The van der Waals surface area contributed by atoms with E-state index in [-0.39, 0.29) is 48.6 Å². The normalized spacial score (nSPS) is 11.6. The van der Waals surface area contributed by atoms with Gasteiger partial charge in [0.15, 0.2) is 0 Å². The van der Waals surface area contributed by atoms with Crippen molar-refractivity contribution >= 4 is 11.9 Å². The Morgan fingerprint density at radius 2 is 1.54 bits per heavy atom. The van der Waals surface area contributed by atoms with Crippen LogP contribution in [-0.2, 0) is 9.59 Å². The fraction of sp³-hybridized carbons (Fsp3) is 0.882. The second-order valence-electron chi connectivity index (χ2n) is 6.03. The zero-order chi connectivity index (χ0) is 17.5. The minimum absolute atomic E-state index is 0. The van der Waals surface area contributed by atoms with Gasteiger partial charge in [0.1, 0.15) is 0 Å². The Bertz CT molecular complexity index is 330. The van der Waals surface area contributed by atoms with Gasteiger partial charge >= 0.3 is 29.6 Å². The number of carbonyl (C=O) groups excluding carboxylic acids is 2. The van der Waals surface area contributed by atoms with Gasteiger partial charge in [-0.05, 0) is 6.42 Å². The van der Waals surface area contributed by atoms with Gasteiger partial charge in [-0.25, -0.2) is 0 Å². The monoisotopic (exact) mass is 352 g/mol. The molecule has 0 saturated heterocycles. The van der Waals surface area contributed by atoms with Crippen molar-refractivity contribution in [2.75, 3.05) is 13.2 Å². The molecule has 1 atom stereocenters. The van der Waals surface area contributed by atoms with Crippen LogP contribution in [0.3, 0.4) is 0 Å². The average Bonchev–Trinajstić information content (AvgIpc) is 2.50. The van der Waals surface area contributed by atoms with Crippen molar-refractivity contribution in [3.63, 3.8) is 0 Å². The molecule has 0 aromatic rings. The van der Waals surface area contributed by atoms with E-state index in [1.807, 2.05) is 0 Å². The molecule has 1 amide bonds. The summed E-state index contributed by atoms with van der Waals surface area (Å²) in [4.78, 5) is 23.9. The van der Waals surface area contributed by atoms with Crippen molar-refractivity contribution in [2.24, 2.45) is 5.73 Å². The van der Waals surface area contributed by atoms with Crippen LogP contribution in [0.2, 0.25) is 0 Å². The van der Waals surface area contributed by atoms with Crippen LogP contribution in [0.15, 0.2) is 0 Å². The number of nitrogens with zero attached hydrogens (tertiary/aromatic N) is 1. The Labute approximate surface area is 168 Å². The summed E-state index contributed by atoms with van der Waals surface area (Å²) in [5.74, 6) is -1.49. The maximum Gasteiger partial charge on any atom is 1.00 e. The fourth-order valence-corrected chi connectivity index (χ4v) is 2.59. The van der Waals surface area contributed by atoms with E-state index in [2.05, 4.69) is 6.92 Å². The molecule has 0 aliphatic carbocycles. The number of aliphatic hydroxyl groups excluding tert-OH is 1. The molecule has 0 aliphatic heterocycles. The molecule has 0 fully saturated rings. The van der Waals surface area contributed by atoms with Crippen molar-refractivity contribution < 1.29 is 49.4 Å². The number of hydrogen-bond acceptors (Lipinski definition) is 5. The van der Waals surface area contributed by atoms with Gasteiger partial charge < -0.3 is 25.6 Å². The van der Waals surface area contributed by atoms with Crippen molar-refractivity contribution in [1.82, 2.24) is 4.90 Å². The number of rotatable bonds is 15. The maximum atomic E-state index is 12.1. The topological polar surface area (TPSA) is 107 Å². The molecule has 0 aliphatic rings. The van der Waals surface area contributed by atoms with Crippen LogP contribution in [0.4, 0.5) is 0 Å². The first-order valence-electron chi connectivity index (χ1n) is 8.88. The molecule has 1 unspecified atom stereocenters. The first-order valence-corrected chi connectivity index (χ1v) is 8.88. The number of carboxylic acid groups (broad SMARTS) is 1. The molecule has 6 nitrogen and oxygen atoms in total. The quantitative estimate of drug-likeness (QED) is 0.205. The Morgan fingerprint density at radius 3 is 2.00 bits per heavy atom. The van der Waals surface area contributed by atoms with Gasteiger partial charge in [-0.15, -0.1) is 0 Å². The molecule has 0 rings (SSSR count). The first-order chi connectivity index (χ1) is 11.0. The molecule has 136 valence electrons. The van der Waals surface area contributed by atoms with Crippen molar-refractivity contribution in [2.45, 2.75) is 83.7 Å². The number of carboxylic acids is 1. The number of aliphatic carboxylic acids is 1. The number of unbranched alkanes of at least 4 members (excludes halogenated alkanes) is 8. The average molecular weight is 352 g/mol. The van der Waals surface area contributed by atoms with E-state index in [0.717, 1.165) is 19.3 Å². The first kappa shape index (κ1) is 26.1. The standard InChI is InChI=1S/C17H34N2O4.Na/c1-2-3-4-5-6-7-8-9-10-11-16(21)19(12-13-20)15(18)14-17(22)23;/h15,20H,2-14,18H2,1H3,(H,22,23);/q;+1/p-1. The van der Waals surface area contributed by atoms with Gasteiger partial charge in [-0.3, -0.25) is 4.79 Å². The zero-order valence-electron chi connectivity index (χ0n) is 15.5. The molecule has 0 heterocycles. The summed E-state index contributed by atoms with van der Waals surface area (Å²) in [5, 5.41) is 19.6. The molecule has 0 radical (unpaired) electrons. The maximum absolute atomic E-state index is 12.1. The minimum Gasteiger partial charge on any atom is -0.550 e. The predicted molar refractivity (Wildman–Crippen MR) is 88.2 cm³/mol. The largest absolute Gasteiger partial charge is 1.00 e. The Morgan fingerprint density at radius 1 is 1.04 bits per heavy atom. The third kappa shape index (κ3) is 14.2. The number of carbonyl (C=O) groups is 2. The van der Waals surface area contributed by atoms with Gasteiger partial charge in [0.2, 0.25) is 5.91 Å². The molecular formula is C17H33N2NaO4. The zero-order valence-corrected chi connectivity index (χ0v) is 17.5. The molecule has 3 N–H and O–H groups in total. The molecule has 0 saturated carbocycles. The molecule has 24 heavy (non-hydrogen) atoms. The number of nitrogens with two attached hydrogens (primary N) is 1. The van der Waals surface area contributed by atoms with Crippen molar-refractivity contribution in [3.8, 4) is 0 Å². The molecule has 0 aromatic heterocycles. The van der Waals surface area contributed by atoms with Crippen LogP contribution in [-0.4, -0.2) is 41.2 Å². The van der Waals surface area contributed by atoms with E-state index >= 15 is 0 Å². The summed E-state index contributed by atoms with van der Waals surface area (Å²) >= 11 is 0. The van der Waals surface area contributed by atoms with Crippen LogP contribution in [0.5, 0.6) is 0 Å². The summed E-state index contributed by atoms with van der Waals surface area (Å²) in [6.07, 6.45) is 9.48. The van der Waals surface area contributed by atoms with E-state index in [1.54, 1.807) is 0 Å². The smallest absolute Gasteiger partial charge is 0.550 e. The third-order valence-electron chi connectivity index (χ3n) is 3.93. The van der Waals surface area contributed by atoms with Crippen LogP contribution in [0, 0.1) is 0 Å². The molecule has 0 bridgehead atoms. The fourth-order valence-electron chi connectivity index (χ4n) is 2.59. The van der Waals surface area contributed by atoms with Crippen molar-refractivity contribution in [1.29, 1.82) is 0 Å². The molecule has 0 aromatic carbocycles. The molecular weight excluding hydrogens is 319 g/mol. The van der Waals surface area contributed by atoms with Crippen LogP contribution in [0.1, 0.15) is 77.6 Å². The van der Waals surface area contributed by atoms with Gasteiger partial charge in [-0.1, -0.05) is 58.3 Å². The number of amides is 1. The van der Waals surface area contributed by atoms with Crippen molar-refractivity contribution in [3.05, 3.63) is 0 Å². The van der Waals surface area contributed by atoms with Crippen LogP contribution in [0.25, 0.3) is 0 Å². The second-order valence-corrected chi connectivity index (χ2v) is 6.03. The second kappa shape index (κ2) is 17.7. The van der Waals surface area contributed by atoms with Crippen LogP contribution < -0.4 is 40.4 Å². The summed E-state index contributed by atoms with van der Waals surface area (Å²) in [6, 6.07) is 0. The van der Waals surface area contributed by atoms with E-state index in [1.165, 1.54) is 43.4 Å². The summed E-state index contributed by atoms with van der Waals surface area (Å²) in [5.41, 5.74) is 5.69. The van der Waals surface area contributed by atoms with Gasteiger partial charge in [0.05, 0.1) is 12.8 Å². The SMILES string of the molecule is CCCCCCCCCCCC(=O)N(CCO)C(N)CC(=O)[O-].[Na+]. The van der Waals surface area contributed by atoms with Gasteiger partial charge in [-0.2, -0.15) is 0 Å². The minimum atomic E-state index is -1.30. The molecule has 7 heteroatoms.